The third-order valence-corrected chi connectivity index (χ3v) is 7.80. The van der Waals surface area contributed by atoms with Crippen LogP contribution in [0.5, 0.6) is 0 Å². The molecule has 0 saturated carbocycles. The Labute approximate surface area is 154 Å². The Bertz CT molecular complexity index is 697. The Hall–Kier alpha value is -0.370. The van der Waals surface area contributed by atoms with Crippen LogP contribution in [-0.2, 0) is 10.0 Å². The Kier molecular flexibility index (Phi) is 5.45. The Morgan fingerprint density at radius 2 is 1.92 bits per heavy atom. The van der Waals surface area contributed by atoms with Gasteiger partial charge in [-0.15, -0.1) is 0 Å². The summed E-state index contributed by atoms with van der Waals surface area (Å²) in [6.45, 7) is 7.85. The van der Waals surface area contributed by atoms with Crippen molar-refractivity contribution in [3.05, 3.63) is 28.2 Å². The van der Waals surface area contributed by atoms with Crippen LogP contribution in [0.15, 0.2) is 23.1 Å². The van der Waals surface area contributed by atoms with Crippen LogP contribution >= 0.6 is 23.2 Å². The van der Waals surface area contributed by atoms with Gasteiger partial charge in [-0.05, 0) is 30.5 Å². The van der Waals surface area contributed by atoms with Crippen LogP contribution in [0.3, 0.4) is 0 Å². The molecule has 8 heteroatoms. The van der Waals surface area contributed by atoms with Gasteiger partial charge < -0.3 is 10.2 Å². The zero-order valence-electron chi connectivity index (χ0n) is 13.8. The molecule has 0 amide bonds. The highest BCUT2D eigenvalue weighted by atomic mass is 35.5. The number of piperazine rings is 1. The number of hydrogen-bond acceptors (Lipinski definition) is 4. The van der Waals surface area contributed by atoms with E-state index in [9.17, 15) is 8.42 Å². The van der Waals surface area contributed by atoms with E-state index in [1.54, 1.807) is 12.1 Å². The van der Waals surface area contributed by atoms with E-state index in [2.05, 4.69) is 17.1 Å². The normalized spacial score (nSPS) is 26.8. The number of benzene rings is 1. The number of sulfonamides is 1. The van der Waals surface area contributed by atoms with Gasteiger partial charge in [-0.3, -0.25) is 0 Å². The molecule has 2 saturated heterocycles. The maximum atomic E-state index is 12.8. The lowest BCUT2D eigenvalue weighted by molar-refractivity contribution is 0.132. The molecule has 2 fully saturated rings. The Balaban J connectivity index is 1.66. The molecule has 2 heterocycles. The van der Waals surface area contributed by atoms with Gasteiger partial charge in [-0.2, -0.15) is 4.31 Å². The summed E-state index contributed by atoms with van der Waals surface area (Å²) in [5, 5.41) is 3.77. The molecular formula is C16H23Cl2N3O2S. The number of hydrogen-bond donors (Lipinski definition) is 1. The molecule has 0 aliphatic carbocycles. The van der Waals surface area contributed by atoms with Gasteiger partial charge in [0.25, 0.3) is 0 Å². The smallest absolute Gasteiger partial charge is 0.244 e. The van der Waals surface area contributed by atoms with Gasteiger partial charge in [-0.25, -0.2) is 8.42 Å². The van der Waals surface area contributed by atoms with Gasteiger partial charge in [0.2, 0.25) is 10.0 Å². The van der Waals surface area contributed by atoms with Crippen molar-refractivity contribution in [2.75, 3.05) is 45.8 Å². The second kappa shape index (κ2) is 7.09. The SMILES string of the molecule is CC1(CN2CCN(S(=O)(=O)c3cccc(Cl)c3Cl)CC2)CCNC1. The fraction of sp³-hybridized carbons (Fsp3) is 0.625. The van der Waals surface area contributed by atoms with E-state index < -0.39 is 10.0 Å². The van der Waals surface area contributed by atoms with E-state index >= 15 is 0 Å². The first-order valence-electron chi connectivity index (χ1n) is 8.19. The van der Waals surface area contributed by atoms with Crippen LogP contribution in [-0.4, -0.2) is 63.4 Å². The highest BCUT2D eigenvalue weighted by Crippen LogP contribution is 2.32. The minimum Gasteiger partial charge on any atom is -0.316 e. The molecule has 2 aliphatic heterocycles. The first-order chi connectivity index (χ1) is 11.3. The number of nitrogens with zero attached hydrogens (tertiary/aromatic N) is 2. The molecule has 0 spiro atoms. The molecule has 1 unspecified atom stereocenters. The first-order valence-corrected chi connectivity index (χ1v) is 10.4. The van der Waals surface area contributed by atoms with E-state index in [0.29, 0.717) is 13.1 Å². The molecule has 134 valence electrons. The van der Waals surface area contributed by atoms with Crippen LogP contribution in [0.2, 0.25) is 10.0 Å². The molecule has 0 aromatic heterocycles. The first kappa shape index (κ1) is 18.4. The molecule has 1 N–H and O–H groups in total. The minimum atomic E-state index is -3.60. The summed E-state index contributed by atoms with van der Waals surface area (Å²) >= 11 is 12.1. The summed E-state index contributed by atoms with van der Waals surface area (Å²) in [6.07, 6.45) is 1.17. The quantitative estimate of drug-likeness (QED) is 0.855. The van der Waals surface area contributed by atoms with E-state index in [4.69, 9.17) is 23.2 Å². The third-order valence-electron chi connectivity index (χ3n) is 4.93. The van der Waals surface area contributed by atoms with Crippen LogP contribution in [0.4, 0.5) is 0 Å². The summed E-state index contributed by atoms with van der Waals surface area (Å²) in [4.78, 5) is 2.45. The second-order valence-corrected chi connectivity index (χ2v) is 9.66. The molecular weight excluding hydrogens is 369 g/mol. The van der Waals surface area contributed by atoms with Crippen LogP contribution < -0.4 is 5.32 Å². The van der Waals surface area contributed by atoms with Crippen molar-refractivity contribution in [1.82, 2.24) is 14.5 Å². The lowest BCUT2D eigenvalue weighted by Crippen LogP contribution is -2.51. The van der Waals surface area contributed by atoms with Gasteiger partial charge >= 0.3 is 0 Å². The molecule has 0 bridgehead atoms. The van der Waals surface area contributed by atoms with E-state index in [0.717, 1.165) is 32.7 Å². The highest BCUT2D eigenvalue weighted by Gasteiger charge is 2.34. The van der Waals surface area contributed by atoms with Crippen molar-refractivity contribution in [2.45, 2.75) is 18.2 Å². The van der Waals surface area contributed by atoms with E-state index in [1.165, 1.54) is 16.8 Å². The van der Waals surface area contributed by atoms with Gasteiger partial charge in [0.05, 0.1) is 10.0 Å². The zero-order chi connectivity index (χ0) is 17.4. The average molecular weight is 392 g/mol. The summed E-state index contributed by atoms with van der Waals surface area (Å²) in [7, 11) is -3.60. The maximum Gasteiger partial charge on any atom is 0.244 e. The van der Waals surface area contributed by atoms with Crippen LogP contribution in [0, 0.1) is 5.41 Å². The highest BCUT2D eigenvalue weighted by molar-refractivity contribution is 7.89. The molecule has 2 aliphatic rings. The monoisotopic (exact) mass is 391 g/mol. The molecule has 1 atom stereocenters. The number of rotatable bonds is 4. The van der Waals surface area contributed by atoms with E-state index in [1.807, 2.05) is 0 Å². The molecule has 24 heavy (non-hydrogen) atoms. The van der Waals surface area contributed by atoms with E-state index in [-0.39, 0.29) is 20.4 Å². The standard InChI is InChI=1S/C16H23Cl2N3O2S/c1-16(5-6-19-11-16)12-20-7-9-21(10-8-20)24(22,23)14-4-2-3-13(17)15(14)18/h2-4,19H,5-12H2,1H3. The van der Waals surface area contributed by atoms with Crippen molar-refractivity contribution in [1.29, 1.82) is 0 Å². The van der Waals surface area contributed by atoms with Gasteiger partial charge in [0, 0.05) is 39.3 Å². The fourth-order valence-corrected chi connectivity index (χ4v) is 5.65. The van der Waals surface area contributed by atoms with Crippen molar-refractivity contribution < 1.29 is 8.42 Å². The summed E-state index contributed by atoms with van der Waals surface area (Å²) < 4.78 is 27.2. The molecule has 1 aromatic rings. The zero-order valence-corrected chi connectivity index (χ0v) is 16.1. The van der Waals surface area contributed by atoms with Crippen LogP contribution in [0.1, 0.15) is 13.3 Å². The number of halogens is 2. The van der Waals surface area contributed by atoms with Crippen molar-refractivity contribution in [2.24, 2.45) is 5.41 Å². The van der Waals surface area contributed by atoms with Crippen molar-refractivity contribution >= 4 is 33.2 Å². The Morgan fingerprint density at radius 3 is 2.54 bits per heavy atom. The summed E-state index contributed by atoms with van der Waals surface area (Å²) in [5.74, 6) is 0. The van der Waals surface area contributed by atoms with Crippen molar-refractivity contribution in [3.63, 3.8) is 0 Å². The predicted molar refractivity (Wildman–Crippen MR) is 97.3 cm³/mol. The largest absolute Gasteiger partial charge is 0.316 e. The van der Waals surface area contributed by atoms with Crippen LogP contribution in [0.25, 0.3) is 0 Å². The molecule has 5 nitrogen and oxygen atoms in total. The molecule has 3 rings (SSSR count). The molecule has 1 aromatic carbocycles. The van der Waals surface area contributed by atoms with Gasteiger partial charge in [0.1, 0.15) is 4.90 Å². The lowest BCUT2D eigenvalue weighted by atomic mass is 9.89. The molecule has 0 radical (unpaired) electrons. The minimum absolute atomic E-state index is 0.0945. The lowest BCUT2D eigenvalue weighted by Gasteiger charge is -2.38. The van der Waals surface area contributed by atoms with Gasteiger partial charge in [-0.1, -0.05) is 36.2 Å². The average Bonchev–Trinajstić information content (AvgIpc) is 2.96. The summed E-state index contributed by atoms with van der Waals surface area (Å²) in [5.41, 5.74) is 0.289. The number of nitrogens with one attached hydrogen (secondary N) is 1. The topological polar surface area (TPSA) is 52.7 Å². The Morgan fingerprint density at radius 1 is 1.21 bits per heavy atom. The fourth-order valence-electron chi connectivity index (χ4n) is 3.49. The third kappa shape index (κ3) is 3.74. The predicted octanol–water partition coefficient (Wildman–Crippen LogP) is 2.30. The second-order valence-electron chi connectivity index (χ2n) is 6.97. The maximum absolute atomic E-state index is 12.8. The van der Waals surface area contributed by atoms with Crippen molar-refractivity contribution in [3.8, 4) is 0 Å². The van der Waals surface area contributed by atoms with Gasteiger partial charge in [0.15, 0.2) is 0 Å². The summed E-state index contributed by atoms with van der Waals surface area (Å²) in [6, 6.07) is 4.73.